The summed E-state index contributed by atoms with van der Waals surface area (Å²) in [5.41, 5.74) is 2.85. The number of hydrogen-bond acceptors (Lipinski definition) is 2. The molecule has 1 heterocycles. The lowest BCUT2D eigenvalue weighted by Gasteiger charge is -2.18. The van der Waals surface area contributed by atoms with Crippen LogP contribution in [0, 0.1) is 0 Å². The average Bonchev–Trinajstić information content (AvgIpc) is 2.73. The lowest BCUT2D eigenvalue weighted by molar-refractivity contribution is 0.415. The maximum atomic E-state index is 13.3. The van der Waals surface area contributed by atoms with E-state index in [-0.39, 0.29) is 5.56 Å². The highest BCUT2D eigenvalue weighted by Crippen LogP contribution is 2.34. The van der Waals surface area contributed by atoms with Gasteiger partial charge in [-0.3, -0.25) is 4.79 Å². The van der Waals surface area contributed by atoms with Crippen molar-refractivity contribution < 1.29 is 4.74 Å². The van der Waals surface area contributed by atoms with Crippen molar-refractivity contribution in [2.24, 2.45) is 0 Å². The summed E-state index contributed by atoms with van der Waals surface area (Å²) in [5, 5.41) is 1.61. The van der Waals surface area contributed by atoms with Gasteiger partial charge in [-0.15, -0.1) is 0 Å². The third kappa shape index (κ3) is 3.28. The van der Waals surface area contributed by atoms with Gasteiger partial charge in [-0.05, 0) is 39.7 Å². The maximum Gasteiger partial charge on any atom is 0.259 e. The summed E-state index contributed by atoms with van der Waals surface area (Å²) >= 11 is 3.76. The van der Waals surface area contributed by atoms with E-state index in [9.17, 15) is 4.79 Å². The highest BCUT2D eigenvalue weighted by Gasteiger charge is 2.17. The molecule has 4 aromatic rings. The molecule has 27 heavy (non-hydrogen) atoms. The zero-order valence-electron chi connectivity index (χ0n) is 14.9. The van der Waals surface area contributed by atoms with Gasteiger partial charge >= 0.3 is 0 Å². The van der Waals surface area contributed by atoms with Crippen LogP contribution in [0.15, 0.2) is 88.1 Å². The number of aromatic nitrogens is 1. The van der Waals surface area contributed by atoms with E-state index in [1.807, 2.05) is 83.4 Å². The molecule has 4 rings (SSSR count). The van der Waals surface area contributed by atoms with E-state index >= 15 is 0 Å². The second kappa shape index (κ2) is 7.41. The van der Waals surface area contributed by atoms with Gasteiger partial charge < -0.3 is 9.30 Å². The normalized spacial score (nSPS) is 10.9. The monoisotopic (exact) mass is 419 g/mol. The van der Waals surface area contributed by atoms with Crippen LogP contribution in [0.2, 0.25) is 0 Å². The van der Waals surface area contributed by atoms with Crippen molar-refractivity contribution >= 4 is 26.7 Å². The molecule has 1 aromatic heterocycles. The summed E-state index contributed by atoms with van der Waals surface area (Å²) in [4.78, 5) is 13.3. The van der Waals surface area contributed by atoms with Crippen LogP contribution in [0.1, 0.15) is 5.56 Å². The van der Waals surface area contributed by atoms with Gasteiger partial charge in [-0.25, -0.2) is 0 Å². The predicted molar refractivity (Wildman–Crippen MR) is 113 cm³/mol. The topological polar surface area (TPSA) is 31.2 Å². The molecule has 0 aliphatic carbocycles. The van der Waals surface area contributed by atoms with Gasteiger partial charge in [0, 0.05) is 20.8 Å². The zero-order chi connectivity index (χ0) is 18.8. The average molecular weight is 420 g/mol. The molecule has 0 bridgehead atoms. The van der Waals surface area contributed by atoms with Crippen molar-refractivity contribution in [1.82, 2.24) is 4.57 Å². The number of rotatable bonds is 4. The third-order valence-electron chi connectivity index (χ3n) is 4.64. The van der Waals surface area contributed by atoms with Crippen molar-refractivity contribution in [1.29, 1.82) is 0 Å². The van der Waals surface area contributed by atoms with Crippen molar-refractivity contribution in [2.75, 3.05) is 7.11 Å². The number of hydrogen-bond donors (Lipinski definition) is 0. The molecule has 0 aliphatic heterocycles. The van der Waals surface area contributed by atoms with E-state index in [0.29, 0.717) is 11.9 Å². The second-order valence-electron chi connectivity index (χ2n) is 6.32. The first-order valence-electron chi connectivity index (χ1n) is 8.68. The van der Waals surface area contributed by atoms with E-state index < -0.39 is 0 Å². The molecule has 134 valence electrons. The quantitative estimate of drug-likeness (QED) is 0.437. The number of halogens is 1. The molecule has 3 aromatic carbocycles. The number of nitrogens with zero attached hydrogens (tertiary/aromatic N) is 1. The Labute approximate surface area is 166 Å². The number of fused-ring (bicyclic) bond motifs is 1. The Morgan fingerprint density at radius 1 is 0.889 bits per heavy atom. The van der Waals surface area contributed by atoms with Crippen LogP contribution < -0.4 is 10.3 Å². The Balaban J connectivity index is 2.04. The molecule has 0 spiro atoms. The van der Waals surface area contributed by atoms with Crippen LogP contribution in [-0.2, 0) is 6.54 Å². The minimum absolute atomic E-state index is 0.00419. The Bertz CT molecular complexity index is 1170. The lowest BCUT2D eigenvalue weighted by atomic mass is 10.1. The highest BCUT2D eigenvalue weighted by atomic mass is 79.9. The van der Waals surface area contributed by atoms with Gasteiger partial charge in [0.1, 0.15) is 5.75 Å². The molecule has 0 saturated carbocycles. The fourth-order valence-electron chi connectivity index (χ4n) is 3.32. The number of methoxy groups -OCH3 is 1. The zero-order valence-corrected chi connectivity index (χ0v) is 16.4. The summed E-state index contributed by atoms with van der Waals surface area (Å²) in [6, 6.07) is 25.5. The van der Waals surface area contributed by atoms with Crippen LogP contribution in [0.25, 0.3) is 22.0 Å². The summed E-state index contributed by atoms with van der Waals surface area (Å²) in [5.74, 6) is 0.756. The maximum absolute atomic E-state index is 13.3. The smallest absolute Gasteiger partial charge is 0.259 e. The van der Waals surface area contributed by atoms with Gasteiger partial charge in [0.05, 0.1) is 19.3 Å². The molecule has 0 atom stereocenters. The fourth-order valence-corrected chi connectivity index (χ4v) is 4.11. The minimum atomic E-state index is -0.00419. The summed E-state index contributed by atoms with van der Waals surface area (Å²) < 4.78 is 8.12. The highest BCUT2D eigenvalue weighted by molar-refractivity contribution is 9.10. The second-order valence-corrected chi connectivity index (χ2v) is 7.11. The van der Waals surface area contributed by atoms with Crippen molar-refractivity contribution in [3.63, 3.8) is 0 Å². The largest absolute Gasteiger partial charge is 0.497 e. The van der Waals surface area contributed by atoms with E-state index in [0.717, 1.165) is 32.4 Å². The Kier molecular flexibility index (Phi) is 4.82. The van der Waals surface area contributed by atoms with Gasteiger partial charge in [0.15, 0.2) is 0 Å². The van der Waals surface area contributed by atoms with Crippen LogP contribution in [-0.4, -0.2) is 11.7 Å². The lowest BCUT2D eigenvalue weighted by Crippen LogP contribution is -2.23. The van der Waals surface area contributed by atoms with E-state index in [1.54, 1.807) is 7.11 Å². The van der Waals surface area contributed by atoms with Crippen molar-refractivity contribution in [3.8, 4) is 17.0 Å². The molecule has 4 heteroatoms. The molecule has 0 saturated heterocycles. The van der Waals surface area contributed by atoms with Gasteiger partial charge in [-0.2, -0.15) is 0 Å². The number of pyridine rings is 1. The first-order chi connectivity index (χ1) is 13.2. The first-order valence-corrected chi connectivity index (χ1v) is 9.47. The molecular formula is C23H18BrNO2. The van der Waals surface area contributed by atoms with Crippen LogP contribution in [0.3, 0.4) is 0 Å². The van der Waals surface area contributed by atoms with Crippen molar-refractivity contribution in [3.05, 3.63) is 99.3 Å². The summed E-state index contributed by atoms with van der Waals surface area (Å²) in [6.07, 6.45) is 0. The Hall–Kier alpha value is -2.85. The SMILES string of the molecule is COc1cccc(-c2c(Br)c3ccccc3c(=O)n2Cc2ccccc2)c1. The van der Waals surface area contributed by atoms with Crippen molar-refractivity contribution in [2.45, 2.75) is 6.54 Å². The molecule has 0 fully saturated rings. The molecule has 0 unspecified atom stereocenters. The Morgan fingerprint density at radius 2 is 1.59 bits per heavy atom. The van der Waals surface area contributed by atoms with Gasteiger partial charge in [0.25, 0.3) is 5.56 Å². The molecular weight excluding hydrogens is 402 g/mol. The molecule has 0 amide bonds. The van der Waals surface area contributed by atoms with Crippen LogP contribution in [0.4, 0.5) is 0 Å². The van der Waals surface area contributed by atoms with Crippen LogP contribution in [0.5, 0.6) is 5.75 Å². The molecule has 0 aliphatic rings. The minimum Gasteiger partial charge on any atom is -0.497 e. The standard InChI is InChI=1S/C23H18BrNO2/c1-27-18-11-7-10-17(14-18)22-21(24)19-12-5-6-13-20(19)23(26)25(22)15-16-8-3-2-4-9-16/h2-14H,15H2,1H3. The van der Waals surface area contributed by atoms with E-state index in [1.165, 1.54) is 0 Å². The first kappa shape index (κ1) is 17.6. The van der Waals surface area contributed by atoms with Gasteiger partial charge in [0.2, 0.25) is 0 Å². The fraction of sp³-hybridized carbons (Fsp3) is 0.0870. The number of benzene rings is 3. The van der Waals surface area contributed by atoms with E-state index in [2.05, 4.69) is 15.9 Å². The van der Waals surface area contributed by atoms with E-state index in [4.69, 9.17) is 4.74 Å². The summed E-state index contributed by atoms with van der Waals surface area (Å²) in [6.45, 7) is 0.496. The molecule has 0 N–H and O–H groups in total. The molecule has 0 radical (unpaired) electrons. The summed E-state index contributed by atoms with van der Waals surface area (Å²) in [7, 11) is 1.64. The number of ether oxygens (including phenoxy) is 1. The van der Waals surface area contributed by atoms with Crippen LogP contribution >= 0.6 is 15.9 Å². The third-order valence-corrected chi connectivity index (χ3v) is 5.45. The predicted octanol–water partition coefficient (Wildman–Crippen LogP) is 5.49. The molecule has 3 nitrogen and oxygen atoms in total. The van der Waals surface area contributed by atoms with Gasteiger partial charge in [-0.1, -0.05) is 60.7 Å². The Morgan fingerprint density at radius 3 is 2.33 bits per heavy atom.